The van der Waals surface area contributed by atoms with Gasteiger partial charge in [-0.15, -0.1) is 0 Å². The van der Waals surface area contributed by atoms with Gasteiger partial charge >= 0.3 is 5.97 Å². The number of benzene rings is 2. The molecule has 2 aromatic heterocycles. The molecule has 0 saturated carbocycles. The van der Waals surface area contributed by atoms with Crippen LogP contribution in [0.15, 0.2) is 60.9 Å². The van der Waals surface area contributed by atoms with E-state index in [-0.39, 0.29) is 0 Å². The molecule has 1 aliphatic heterocycles. The molecule has 6 rings (SSSR count). The minimum Gasteiger partial charge on any atom is -0.456 e. The van der Waals surface area contributed by atoms with Gasteiger partial charge in [-0.1, -0.05) is 38.2 Å². The van der Waals surface area contributed by atoms with Crippen molar-refractivity contribution < 1.29 is 19.0 Å². The first kappa shape index (κ1) is 35.0. The fourth-order valence-electron chi connectivity index (χ4n) is 6.87. The van der Waals surface area contributed by atoms with Crippen molar-refractivity contribution in [3.8, 4) is 11.5 Å². The van der Waals surface area contributed by atoms with Crippen molar-refractivity contribution in [2.45, 2.75) is 90.5 Å². The number of nitrogen functional groups attached to an aromatic ring is 1. The summed E-state index contributed by atoms with van der Waals surface area (Å²) in [6, 6.07) is 17.7. The maximum Gasteiger partial charge on any atom is 0.342 e. The lowest BCUT2D eigenvalue weighted by Gasteiger charge is -2.40. The Morgan fingerprint density at radius 2 is 1.82 bits per heavy atom. The highest BCUT2D eigenvalue weighted by atomic mass is 28.3. The van der Waals surface area contributed by atoms with Crippen LogP contribution in [0, 0.1) is 0 Å². The minimum atomic E-state index is -1.15. The van der Waals surface area contributed by atoms with Crippen molar-refractivity contribution in [1.82, 2.24) is 14.5 Å². The third kappa shape index (κ3) is 8.66. The average Bonchev–Trinajstić information content (AvgIpc) is 3.31. The van der Waals surface area contributed by atoms with Gasteiger partial charge in [0.15, 0.2) is 0 Å². The van der Waals surface area contributed by atoms with E-state index in [1.165, 1.54) is 24.0 Å². The Bertz CT molecular complexity index is 1770. The van der Waals surface area contributed by atoms with Gasteiger partial charge in [0.25, 0.3) is 0 Å². The number of aromatic nitrogens is 2. The summed E-state index contributed by atoms with van der Waals surface area (Å²) in [4.78, 5) is 23.1. The van der Waals surface area contributed by atoms with Crippen molar-refractivity contribution in [2.75, 3.05) is 43.4 Å². The third-order valence-electron chi connectivity index (χ3n) is 9.50. The monoisotopic (exact) mass is 683 g/mol. The minimum absolute atomic E-state index is 0.387. The largest absolute Gasteiger partial charge is 0.456 e. The predicted molar refractivity (Wildman–Crippen MR) is 200 cm³/mol. The van der Waals surface area contributed by atoms with Gasteiger partial charge in [0, 0.05) is 75.9 Å². The molecule has 3 heterocycles. The Morgan fingerprint density at radius 1 is 1.02 bits per heavy atom. The summed E-state index contributed by atoms with van der Waals surface area (Å²) in [7, 11) is -1.15. The second-order valence-electron chi connectivity index (χ2n) is 15.7. The highest BCUT2D eigenvalue weighted by molar-refractivity contribution is 6.76. The molecule has 0 bridgehead atoms. The molecular formula is C39H53N5O4Si. The number of rotatable bonds is 10. The Hall–Kier alpha value is -3.86. The zero-order chi connectivity index (χ0) is 34.8. The van der Waals surface area contributed by atoms with E-state index in [0.717, 1.165) is 74.1 Å². The first-order chi connectivity index (χ1) is 23.3. The molecule has 9 nitrogen and oxygen atoms in total. The van der Waals surface area contributed by atoms with Gasteiger partial charge in [0.1, 0.15) is 35.0 Å². The van der Waals surface area contributed by atoms with Crippen molar-refractivity contribution >= 4 is 36.5 Å². The molecule has 1 saturated heterocycles. The van der Waals surface area contributed by atoms with E-state index in [1.807, 2.05) is 67.9 Å². The van der Waals surface area contributed by atoms with Crippen LogP contribution in [0.3, 0.4) is 0 Å². The molecule has 0 spiro atoms. The fraction of sp³-hybridized carbons (Fsp3) is 0.487. The predicted octanol–water partition coefficient (Wildman–Crippen LogP) is 8.27. The first-order valence-electron chi connectivity index (χ1n) is 17.8. The molecule has 2 N–H and O–H groups in total. The first-order valence-corrected chi connectivity index (χ1v) is 21.5. The molecule has 0 amide bonds. The SMILES string of the molecule is CC(C)(C)OC(=O)c1ccc(N2CCN(C3CCCCc4c(N)cccc43)CC2)cc1Oc1cnc2c(ccn2COCC[Si](C)(C)C)c1. The topological polar surface area (TPSA) is 95.1 Å². The van der Waals surface area contributed by atoms with Crippen LogP contribution in [0.1, 0.15) is 67.6 Å². The van der Waals surface area contributed by atoms with E-state index < -0.39 is 19.6 Å². The molecule has 2 aliphatic rings. The molecule has 262 valence electrons. The molecule has 1 aliphatic carbocycles. The number of nitrogens with zero attached hydrogens (tertiary/aromatic N) is 4. The van der Waals surface area contributed by atoms with Crippen LogP contribution >= 0.6 is 0 Å². The summed E-state index contributed by atoms with van der Waals surface area (Å²) in [5.74, 6) is 0.599. The Balaban J connectivity index is 1.19. The number of pyridine rings is 1. The molecule has 1 fully saturated rings. The smallest absolute Gasteiger partial charge is 0.342 e. The Morgan fingerprint density at radius 3 is 2.57 bits per heavy atom. The summed E-state index contributed by atoms with van der Waals surface area (Å²) >= 11 is 0. The summed E-state index contributed by atoms with van der Waals surface area (Å²) in [5, 5.41) is 0.944. The molecule has 1 unspecified atom stereocenters. The van der Waals surface area contributed by atoms with Gasteiger partial charge in [-0.25, -0.2) is 9.78 Å². The van der Waals surface area contributed by atoms with Gasteiger partial charge in [0.2, 0.25) is 0 Å². The maximum atomic E-state index is 13.4. The Kier molecular flexibility index (Phi) is 10.4. The summed E-state index contributed by atoms with van der Waals surface area (Å²) in [6.07, 6.45) is 8.32. The van der Waals surface area contributed by atoms with Gasteiger partial charge in [-0.05, 0) is 87.5 Å². The molecule has 2 aromatic carbocycles. The van der Waals surface area contributed by atoms with E-state index in [1.54, 1.807) is 6.20 Å². The molecule has 0 radical (unpaired) electrons. The summed E-state index contributed by atoms with van der Waals surface area (Å²) in [5.41, 5.74) is 11.7. The second-order valence-corrected chi connectivity index (χ2v) is 21.3. The van der Waals surface area contributed by atoms with Crippen LogP contribution in [0.4, 0.5) is 11.4 Å². The number of hydrogen-bond acceptors (Lipinski definition) is 8. The van der Waals surface area contributed by atoms with E-state index >= 15 is 0 Å². The number of anilines is 2. The zero-order valence-electron chi connectivity index (χ0n) is 30.1. The number of hydrogen-bond donors (Lipinski definition) is 1. The fourth-order valence-corrected chi connectivity index (χ4v) is 7.63. The molecule has 10 heteroatoms. The van der Waals surface area contributed by atoms with Crippen LogP contribution in [0.2, 0.25) is 25.7 Å². The van der Waals surface area contributed by atoms with Crippen LogP contribution in [0.25, 0.3) is 11.0 Å². The molecule has 1 atom stereocenters. The van der Waals surface area contributed by atoms with Crippen LogP contribution in [0.5, 0.6) is 11.5 Å². The Labute approximate surface area is 292 Å². The van der Waals surface area contributed by atoms with E-state index in [9.17, 15) is 4.79 Å². The van der Waals surface area contributed by atoms with Crippen LogP contribution in [-0.4, -0.2) is 66.9 Å². The molecular weight excluding hydrogens is 631 g/mol. The number of nitrogens with two attached hydrogens (primary N) is 1. The zero-order valence-corrected chi connectivity index (χ0v) is 31.1. The van der Waals surface area contributed by atoms with Crippen LogP contribution in [-0.2, 0) is 22.6 Å². The maximum absolute atomic E-state index is 13.4. The highest BCUT2D eigenvalue weighted by Crippen LogP contribution is 2.37. The number of fused-ring (bicyclic) bond motifs is 2. The number of esters is 1. The lowest BCUT2D eigenvalue weighted by Crippen LogP contribution is -2.47. The number of piperazine rings is 1. The summed E-state index contributed by atoms with van der Waals surface area (Å²) in [6.45, 7) is 17.5. The molecule has 49 heavy (non-hydrogen) atoms. The van der Waals surface area contributed by atoms with Gasteiger partial charge in [0.05, 0.1) is 6.20 Å². The van der Waals surface area contributed by atoms with Crippen LogP contribution < -0.4 is 15.4 Å². The normalized spacial score (nSPS) is 17.5. The molecule has 4 aromatic rings. The lowest BCUT2D eigenvalue weighted by molar-refractivity contribution is 0.00671. The van der Waals surface area contributed by atoms with Crippen molar-refractivity contribution in [3.63, 3.8) is 0 Å². The third-order valence-corrected chi connectivity index (χ3v) is 11.2. The van der Waals surface area contributed by atoms with E-state index in [2.05, 4.69) is 41.6 Å². The van der Waals surface area contributed by atoms with Gasteiger partial charge in [-0.2, -0.15) is 0 Å². The standard InChI is InChI=1S/C39H53N5O4Si/c1-39(2,3)48-38(45)33-15-14-29(42-18-20-43(21-19-42)35-13-8-7-10-31-32(35)11-9-12-34(31)40)25-36(33)47-30-24-28-16-17-44(37(28)41-26-30)27-46-22-23-49(4,5)6/h9,11-12,14-17,24-26,35H,7-8,10,13,18-23,27,40H2,1-6H3. The van der Waals surface area contributed by atoms with Gasteiger partial charge in [-0.3, -0.25) is 4.90 Å². The number of carbonyl (C=O) groups is 1. The van der Waals surface area contributed by atoms with Gasteiger partial charge < -0.3 is 29.4 Å². The second kappa shape index (κ2) is 14.5. The van der Waals surface area contributed by atoms with Crippen molar-refractivity contribution in [3.05, 3.63) is 77.6 Å². The van der Waals surface area contributed by atoms with Crippen molar-refractivity contribution in [1.29, 1.82) is 0 Å². The van der Waals surface area contributed by atoms with Crippen molar-refractivity contribution in [2.24, 2.45) is 0 Å². The number of carbonyl (C=O) groups excluding carboxylic acids is 1. The summed E-state index contributed by atoms with van der Waals surface area (Å²) < 4.78 is 20.2. The number of ether oxygens (including phenoxy) is 3. The van der Waals surface area contributed by atoms with E-state index in [0.29, 0.717) is 29.8 Å². The highest BCUT2D eigenvalue weighted by Gasteiger charge is 2.29. The lowest BCUT2D eigenvalue weighted by atomic mass is 9.96. The quantitative estimate of drug-likeness (QED) is 0.0587. The average molecular weight is 684 g/mol. The van der Waals surface area contributed by atoms with E-state index in [4.69, 9.17) is 24.9 Å².